The summed E-state index contributed by atoms with van der Waals surface area (Å²) < 4.78 is 27.5. The first-order valence-corrected chi connectivity index (χ1v) is 7.04. The minimum atomic E-state index is -0.657. The van der Waals surface area contributed by atoms with Gasteiger partial charge in [0.05, 0.1) is 6.04 Å². The first-order chi connectivity index (χ1) is 9.11. The summed E-state index contributed by atoms with van der Waals surface area (Å²) in [7, 11) is 0. The second-order valence-electron chi connectivity index (χ2n) is 4.36. The van der Waals surface area contributed by atoms with E-state index in [1.807, 2.05) is 24.4 Å². The number of rotatable bonds is 5. The van der Waals surface area contributed by atoms with Crippen LogP contribution in [-0.4, -0.2) is 0 Å². The maximum atomic E-state index is 13.8. The molecule has 2 rings (SSSR count). The third-order valence-electron chi connectivity index (χ3n) is 2.85. The molecule has 0 aliphatic heterocycles. The SMILES string of the molecule is CCCC(Nc1c(F)cc(N)cc1F)c1cccs1. The van der Waals surface area contributed by atoms with E-state index in [1.165, 1.54) is 0 Å². The second kappa shape index (κ2) is 6.02. The van der Waals surface area contributed by atoms with E-state index in [0.29, 0.717) is 0 Å². The van der Waals surface area contributed by atoms with Crippen LogP contribution in [0.3, 0.4) is 0 Å². The summed E-state index contributed by atoms with van der Waals surface area (Å²) in [6.45, 7) is 2.04. The molecule has 1 aromatic carbocycles. The Bertz CT molecular complexity index is 517. The van der Waals surface area contributed by atoms with Gasteiger partial charge in [0, 0.05) is 10.6 Å². The topological polar surface area (TPSA) is 38.0 Å². The van der Waals surface area contributed by atoms with Crippen molar-refractivity contribution >= 4 is 22.7 Å². The Labute approximate surface area is 115 Å². The molecule has 1 heterocycles. The summed E-state index contributed by atoms with van der Waals surface area (Å²) >= 11 is 1.57. The highest BCUT2D eigenvalue weighted by atomic mass is 32.1. The Hall–Kier alpha value is -1.62. The molecule has 5 heteroatoms. The lowest BCUT2D eigenvalue weighted by Gasteiger charge is -2.19. The third-order valence-corrected chi connectivity index (χ3v) is 3.83. The van der Waals surface area contributed by atoms with Gasteiger partial charge in [0.1, 0.15) is 5.69 Å². The minimum absolute atomic E-state index is 0.0855. The molecule has 0 aliphatic carbocycles. The lowest BCUT2D eigenvalue weighted by molar-refractivity contribution is 0.579. The van der Waals surface area contributed by atoms with E-state index in [4.69, 9.17) is 5.73 Å². The predicted octanol–water partition coefficient (Wildman–Crippen LogP) is 4.56. The third kappa shape index (κ3) is 3.23. The monoisotopic (exact) mass is 282 g/mol. The van der Waals surface area contributed by atoms with Crippen molar-refractivity contribution in [1.29, 1.82) is 0 Å². The fraction of sp³-hybridized carbons (Fsp3) is 0.286. The fourth-order valence-corrected chi connectivity index (χ4v) is 2.78. The van der Waals surface area contributed by atoms with E-state index in [9.17, 15) is 8.78 Å². The van der Waals surface area contributed by atoms with E-state index in [0.717, 1.165) is 29.9 Å². The van der Waals surface area contributed by atoms with Crippen LogP contribution in [0.4, 0.5) is 20.2 Å². The van der Waals surface area contributed by atoms with Crippen LogP contribution in [0, 0.1) is 11.6 Å². The van der Waals surface area contributed by atoms with Crippen LogP contribution in [0.25, 0.3) is 0 Å². The number of hydrogen-bond donors (Lipinski definition) is 2. The molecule has 0 spiro atoms. The zero-order valence-corrected chi connectivity index (χ0v) is 11.4. The van der Waals surface area contributed by atoms with Gasteiger partial charge in [-0.25, -0.2) is 8.78 Å². The quantitative estimate of drug-likeness (QED) is 0.789. The number of nitrogens with two attached hydrogens (primary N) is 1. The van der Waals surface area contributed by atoms with Gasteiger partial charge >= 0.3 is 0 Å². The fourth-order valence-electron chi connectivity index (χ4n) is 1.97. The molecule has 1 unspecified atom stereocenters. The highest BCUT2D eigenvalue weighted by Gasteiger charge is 2.17. The van der Waals surface area contributed by atoms with E-state index >= 15 is 0 Å². The molecule has 2 aromatic rings. The molecule has 0 amide bonds. The molecule has 19 heavy (non-hydrogen) atoms. The van der Waals surface area contributed by atoms with Crippen LogP contribution >= 0.6 is 11.3 Å². The second-order valence-corrected chi connectivity index (χ2v) is 5.34. The molecular weight excluding hydrogens is 266 g/mol. The van der Waals surface area contributed by atoms with E-state index < -0.39 is 11.6 Å². The number of anilines is 2. The van der Waals surface area contributed by atoms with Crippen molar-refractivity contribution in [3.8, 4) is 0 Å². The first-order valence-electron chi connectivity index (χ1n) is 6.16. The lowest BCUT2D eigenvalue weighted by Crippen LogP contribution is -2.12. The van der Waals surface area contributed by atoms with Gasteiger partial charge in [-0.05, 0) is 30.0 Å². The minimum Gasteiger partial charge on any atom is -0.399 e. The Balaban J connectivity index is 2.27. The predicted molar refractivity (Wildman–Crippen MR) is 76.4 cm³/mol. The highest BCUT2D eigenvalue weighted by molar-refractivity contribution is 7.10. The Morgan fingerprint density at radius 2 is 2.00 bits per heavy atom. The standard InChI is InChI=1S/C14H16F2N2S/c1-2-4-12(13-5-3-6-19-13)18-14-10(15)7-9(17)8-11(14)16/h3,5-8,12,18H,2,4,17H2,1H3. The van der Waals surface area contributed by atoms with Crippen LogP contribution in [0.2, 0.25) is 0 Å². The molecule has 1 aromatic heterocycles. The number of nitrogens with one attached hydrogen (secondary N) is 1. The molecule has 1 atom stereocenters. The van der Waals surface area contributed by atoms with Gasteiger partial charge in [0.2, 0.25) is 0 Å². The molecule has 0 saturated heterocycles. The lowest BCUT2D eigenvalue weighted by atomic mass is 10.1. The molecule has 0 bridgehead atoms. The summed E-state index contributed by atoms with van der Waals surface area (Å²) in [6.07, 6.45) is 1.73. The van der Waals surface area contributed by atoms with Gasteiger partial charge in [0.25, 0.3) is 0 Å². The molecule has 0 aliphatic rings. The van der Waals surface area contributed by atoms with Crippen LogP contribution in [-0.2, 0) is 0 Å². The average molecular weight is 282 g/mol. The highest BCUT2D eigenvalue weighted by Crippen LogP contribution is 2.30. The van der Waals surface area contributed by atoms with E-state index in [2.05, 4.69) is 5.32 Å². The van der Waals surface area contributed by atoms with Crippen molar-refractivity contribution in [3.63, 3.8) is 0 Å². The summed E-state index contributed by atoms with van der Waals surface area (Å²) in [5.41, 5.74) is 5.38. The van der Waals surface area contributed by atoms with Crippen molar-refractivity contribution in [2.24, 2.45) is 0 Å². The van der Waals surface area contributed by atoms with Crippen LogP contribution in [0.15, 0.2) is 29.6 Å². The number of thiophene rings is 1. The summed E-state index contributed by atoms with van der Waals surface area (Å²) in [5, 5.41) is 4.90. The normalized spacial score (nSPS) is 12.4. The number of nitrogen functional groups attached to an aromatic ring is 1. The van der Waals surface area contributed by atoms with Crippen molar-refractivity contribution in [1.82, 2.24) is 0 Å². The van der Waals surface area contributed by atoms with Gasteiger partial charge in [-0.1, -0.05) is 19.4 Å². The largest absolute Gasteiger partial charge is 0.399 e. The van der Waals surface area contributed by atoms with Crippen molar-refractivity contribution < 1.29 is 8.78 Å². The first kappa shape index (κ1) is 13.8. The van der Waals surface area contributed by atoms with Crippen molar-refractivity contribution in [3.05, 3.63) is 46.2 Å². The maximum Gasteiger partial charge on any atom is 0.151 e. The van der Waals surface area contributed by atoms with Crippen LogP contribution in [0.1, 0.15) is 30.7 Å². The smallest absolute Gasteiger partial charge is 0.151 e. The Kier molecular flexibility index (Phi) is 4.37. The van der Waals surface area contributed by atoms with Gasteiger partial charge in [-0.15, -0.1) is 11.3 Å². The summed E-state index contributed by atoms with van der Waals surface area (Å²) in [6, 6.07) is 6.06. The zero-order chi connectivity index (χ0) is 13.8. The molecule has 2 nitrogen and oxygen atoms in total. The van der Waals surface area contributed by atoms with Crippen molar-refractivity contribution in [2.75, 3.05) is 11.1 Å². The van der Waals surface area contributed by atoms with Gasteiger partial charge in [-0.2, -0.15) is 0 Å². The van der Waals surface area contributed by atoms with Crippen LogP contribution in [0.5, 0.6) is 0 Å². The van der Waals surface area contributed by atoms with E-state index in [1.54, 1.807) is 11.3 Å². The Morgan fingerprint density at radius 3 is 2.53 bits per heavy atom. The number of benzene rings is 1. The molecular formula is C14H16F2N2S. The number of hydrogen-bond acceptors (Lipinski definition) is 3. The molecule has 102 valence electrons. The summed E-state index contributed by atoms with van der Waals surface area (Å²) in [4.78, 5) is 1.07. The molecule has 0 saturated carbocycles. The summed E-state index contributed by atoms with van der Waals surface area (Å²) in [5.74, 6) is -1.31. The number of halogens is 2. The van der Waals surface area contributed by atoms with Gasteiger partial charge in [-0.3, -0.25) is 0 Å². The molecule has 0 fully saturated rings. The van der Waals surface area contributed by atoms with Gasteiger partial charge < -0.3 is 11.1 Å². The van der Waals surface area contributed by atoms with E-state index in [-0.39, 0.29) is 17.4 Å². The molecule has 0 radical (unpaired) electrons. The maximum absolute atomic E-state index is 13.8. The molecule has 3 N–H and O–H groups in total. The van der Waals surface area contributed by atoms with Gasteiger partial charge in [0.15, 0.2) is 11.6 Å². The average Bonchev–Trinajstić information content (AvgIpc) is 2.85. The van der Waals surface area contributed by atoms with Crippen molar-refractivity contribution in [2.45, 2.75) is 25.8 Å². The Morgan fingerprint density at radius 1 is 1.32 bits per heavy atom. The zero-order valence-electron chi connectivity index (χ0n) is 10.6. The van der Waals surface area contributed by atoms with Crippen LogP contribution < -0.4 is 11.1 Å².